The number of rotatable bonds is 4. The number of aromatic nitrogens is 3. The summed E-state index contributed by atoms with van der Waals surface area (Å²) in [6.45, 7) is 5.96. The van der Waals surface area contributed by atoms with Crippen molar-refractivity contribution in [3.05, 3.63) is 11.9 Å². The zero-order chi connectivity index (χ0) is 10.7. The van der Waals surface area contributed by atoms with Gasteiger partial charge in [-0.3, -0.25) is 9.58 Å². The monoisotopic (exact) mass is 209 g/mol. The number of nitrogens with two attached hydrogens (primary N) is 1. The van der Waals surface area contributed by atoms with Crippen LogP contribution in [0.4, 0.5) is 0 Å². The van der Waals surface area contributed by atoms with Gasteiger partial charge in [-0.2, -0.15) is 0 Å². The van der Waals surface area contributed by atoms with Gasteiger partial charge >= 0.3 is 0 Å². The van der Waals surface area contributed by atoms with E-state index in [1.165, 1.54) is 19.4 Å². The summed E-state index contributed by atoms with van der Waals surface area (Å²) < 4.78 is 1.88. The van der Waals surface area contributed by atoms with E-state index in [-0.39, 0.29) is 0 Å². The van der Waals surface area contributed by atoms with Crippen LogP contribution < -0.4 is 5.73 Å². The van der Waals surface area contributed by atoms with Crippen molar-refractivity contribution in [1.82, 2.24) is 19.9 Å². The minimum absolute atomic E-state index is 0.472. The highest BCUT2D eigenvalue weighted by atomic mass is 15.4. The molecule has 1 aromatic rings. The predicted molar refractivity (Wildman–Crippen MR) is 58.2 cm³/mol. The first-order chi connectivity index (χ1) is 7.29. The van der Waals surface area contributed by atoms with Crippen LogP contribution in [0.3, 0.4) is 0 Å². The van der Waals surface area contributed by atoms with Gasteiger partial charge in [0.15, 0.2) is 0 Å². The molecule has 1 fully saturated rings. The Morgan fingerprint density at radius 2 is 2.40 bits per heavy atom. The van der Waals surface area contributed by atoms with Crippen LogP contribution >= 0.6 is 0 Å². The van der Waals surface area contributed by atoms with Crippen molar-refractivity contribution in [2.45, 2.75) is 38.9 Å². The van der Waals surface area contributed by atoms with E-state index in [1.54, 1.807) is 0 Å². The van der Waals surface area contributed by atoms with Crippen LogP contribution in [0.2, 0.25) is 0 Å². The van der Waals surface area contributed by atoms with Crippen LogP contribution in [0.25, 0.3) is 0 Å². The van der Waals surface area contributed by atoms with Crippen molar-refractivity contribution in [1.29, 1.82) is 0 Å². The average Bonchev–Trinajstić information content (AvgIpc) is 2.84. The Morgan fingerprint density at radius 1 is 1.53 bits per heavy atom. The lowest BCUT2D eigenvalue weighted by Gasteiger charge is -2.20. The summed E-state index contributed by atoms with van der Waals surface area (Å²) in [6, 6.07) is 0.725. The quantitative estimate of drug-likeness (QED) is 0.770. The molecule has 1 aliphatic heterocycles. The van der Waals surface area contributed by atoms with Gasteiger partial charge < -0.3 is 5.73 Å². The maximum atomic E-state index is 5.48. The molecule has 2 heterocycles. The zero-order valence-electron chi connectivity index (χ0n) is 9.26. The average molecular weight is 209 g/mol. The second-order valence-corrected chi connectivity index (χ2v) is 4.20. The number of likely N-dealkylation sites (tertiary alicyclic amines) is 1. The fourth-order valence-corrected chi connectivity index (χ4v) is 2.10. The summed E-state index contributed by atoms with van der Waals surface area (Å²) in [5, 5.41) is 8.00. The molecule has 0 aliphatic carbocycles. The number of hydrogen-bond donors (Lipinski definition) is 1. The molecule has 0 aromatic carbocycles. The van der Waals surface area contributed by atoms with Gasteiger partial charge in [0.1, 0.15) is 0 Å². The largest absolute Gasteiger partial charge is 0.325 e. The van der Waals surface area contributed by atoms with Crippen molar-refractivity contribution in [3.8, 4) is 0 Å². The van der Waals surface area contributed by atoms with E-state index in [0.29, 0.717) is 6.54 Å². The van der Waals surface area contributed by atoms with Crippen LogP contribution in [-0.4, -0.2) is 39.0 Å². The minimum Gasteiger partial charge on any atom is -0.325 e. The minimum atomic E-state index is 0.472. The van der Waals surface area contributed by atoms with Crippen molar-refractivity contribution < 1.29 is 0 Å². The molecule has 5 heteroatoms. The molecule has 0 spiro atoms. The maximum Gasteiger partial charge on any atom is 0.0962 e. The lowest BCUT2D eigenvalue weighted by molar-refractivity contribution is 0.253. The van der Waals surface area contributed by atoms with Gasteiger partial charge in [0, 0.05) is 25.3 Å². The molecule has 1 atom stereocenters. The molecule has 5 nitrogen and oxygen atoms in total. The number of nitrogens with zero attached hydrogens (tertiary/aromatic N) is 4. The molecule has 2 N–H and O–H groups in total. The van der Waals surface area contributed by atoms with Crippen LogP contribution in [0.5, 0.6) is 0 Å². The summed E-state index contributed by atoms with van der Waals surface area (Å²) >= 11 is 0. The molecule has 15 heavy (non-hydrogen) atoms. The number of hydrogen-bond acceptors (Lipinski definition) is 4. The lowest BCUT2D eigenvalue weighted by atomic mass is 10.2. The highest BCUT2D eigenvalue weighted by molar-refractivity contribution is 4.90. The zero-order valence-corrected chi connectivity index (χ0v) is 9.26. The molecular formula is C10H19N5. The third-order valence-electron chi connectivity index (χ3n) is 3.10. The van der Waals surface area contributed by atoms with Crippen molar-refractivity contribution in [2.24, 2.45) is 5.73 Å². The Hall–Kier alpha value is -0.940. The summed E-state index contributed by atoms with van der Waals surface area (Å²) in [5.74, 6) is 0. The SMILES string of the molecule is CC1CCCN1CCn1cc(CN)nn1. The van der Waals surface area contributed by atoms with Gasteiger partial charge in [0.05, 0.1) is 12.2 Å². The van der Waals surface area contributed by atoms with Crippen molar-refractivity contribution in [2.75, 3.05) is 13.1 Å². The molecule has 1 unspecified atom stereocenters. The molecule has 84 valence electrons. The second-order valence-electron chi connectivity index (χ2n) is 4.20. The van der Waals surface area contributed by atoms with Gasteiger partial charge in [-0.1, -0.05) is 5.21 Å². The fourth-order valence-electron chi connectivity index (χ4n) is 2.10. The van der Waals surface area contributed by atoms with Gasteiger partial charge in [-0.15, -0.1) is 5.10 Å². The predicted octanol–water partition coefficient (Wildman–Crippen LogP) is 0.221. The molecule has 0 radical (unpaired) electrons. The summed E-state index contributed by atoms with van der Waals surface area (Å²) in [5.41, 5.74) is 6.34. The third kappa shape index (κ3) is 2.54. The fraction of sp³-hybridized carbons (Fsp3) is 0.800. The van der Waals surface area contributed by atoms with Crippen LogP contribution in [0, 0.1) is 0 Å². The topological polar surface area (TPSA) is 60.0 Å². The van der Waals surface area contributed by atoms with E-state index in [0.717, 1.165) is 24.8 Å². The van der Waals surface area contributed by atoms with Gasteiger partial charge in [-0.05, 0) is 26.3 Å². The summed E-state index contributed by atoms with van der Waals surface area (Å²) in [7, 11) is 0. The van der Waals surface area contributed by atoms with E-state index in [1.807, 2.05) is 10.9 Å². The smallest absolute Gasteiger partial charge is 0.0962 e. The Labute approximate surface area is 90.2 Å². The Bertz CT molecular complexity index is 309. The lowest BCUT2D eigenvalue weighted by Crippen LogP contribution is -2.30. The van der Waals surface area contributed by atoms with E-state index >= 15 is 0 Å². The maximum absolute atomic E-state index is 5.48. The molecule has 2 rings (SSSR count). The Morgan fingerprint density at radius 3 is 3.00 bits per heavy atom. The van der Waals surface area contributed by atoms with Crippen LogP contribution in [0.15, 0.2) is 6.20 Å². The van der Waals surface area contributed by atoms with E-state index in [9.17, 15) is 0 Å². The second kappa shape index (κ2) is 4.72. The molecule has 0 bridgehead atoms. The van der Waals surface area contributed by atoms with Crippen LogP contribution in [0.1, 0.15) is 25.5 Å². The first-order valence-corrected chi connectivity index (χ1v) is 5.62. The third-order valence-corrected chi connectivity index (χ3v) is 3.10. The van der Waals surface area contributed by atoms with Gasteiger partial charge in [-0.25, -0.2) is 0 Å². The first kappa shape index (κ1) is 10.6. The standard InChI is InChI=1S/C10H19N5/c1-9-3-2-4-14(9)5-6-15-8-10(7-11)12-13-15/h8-9H,2-7,11H2,1H3. The summed E-state index contributed by atoms with van der Waals surface area (Å²) in [6.07, 6.45) is 4.58. The first-order valence-electron chi connectivity index (χ1n) is 5.62. The molecule has 0 saturated carbocycles. The van der Waals surface area contributed by atoms with Gasteiger partial charge in [0.2, 0.25) is 0 Å². The Kier molecular flexibility index (Phi) is 3.33. The Balaban J connectivity index is 1.82. The highest BCUT2D eigenvalue weighted by Crippen LogP contribution is 2.15. The normalized spacial score (nSPS) is 22.4. The molecule has 0 amide bonds. The van der Waals surface area contributed by atoms with Gasteiger partial charge in [0.25, 0.3) is 0 Å². The highest BCUT2D eigenvalue weighted by Gasteiger charge is 2.19. The van der Waals surface area contributed by atoms with Crippen molar-refractivity contribution in [3.63, 3.8) is 0 Å². The van der Waals surface area contributed by atoms with Crippen molar-refractivity contribution >= 4 is 0 Å². The van der Waals surface area contributed by atoms with E-state index in [4.69, 9.17) is 5.73 Å². The van der Waals surface area contributed by atoms with Crippen LogP contribution in [-0.2, 0) is 13.1 Å². The van der Waals surface area contributed by atoms with E-state index < -0.39 is 0 Å². The molecule has 1 saturated heterocycles. The molecule has 1 aromatic heterocycles. The summed E-state index contributed by atoms with van der Waals surface area (Å²) in [4.78, 5) is 2.50. The van der Waals surface area contributed by atoms with E-state index in [2.05, 4.69) is 22.1 Å². The molecule has 1 aliphatic rings. The molecular weight excluding hydrogens is 190 g/mol.